The summed E-state index contributed by atoms with van der Waals surface area (Å²) in [7, 11) is 0. The molecule has 2 aliphatic heterocycles. The second-order valence-electron chi connectivity index (χ2n) is 5.39. The Balaban J connectivity index is 2.01. The molecular weight excluding hydrogens is 329 g/mol. The van der Waals surface area contributed by atoms with Crippen molar-refractivity contribution < 1.29 is 19.4 Å². The van der Waals surface area contributed by atoms with Crippen molar-refractivity contribution in [3.8, 4) is 0 Å². The number of benzene rings is 1. The minimum Gasteiger partial charge on any atom is -0.501 e. The number of nitrogens with zero attached hydrogens (tertiary/aromatic N) is 1. The summed E-state index contributed by atoms with van der Waals surface area (Å²) >= 11 is 12.0. The number of hydrogen-bond donors (Lipinski definition) is 1. The summed E-state index contributed by atoms with van der Waals surface area (Å²) in [6, 6.07) is 4.65. The van der Waals surface area contributed by atoms with E-state index < -0.39 is 17.1 Å². The van der Waals surface area contributed by atoms with Crippen LogP contribution in [0.3, 0.4) is 0 Å². The summed E-state index contributed by atoms with van der Waals surface area (Å²) in [4.78, 5) is 25.6. The second kappa shape index (κ2) is 5.18. The maximum atomic E-state index is 12.5. The molecule has 3 rings (SSSR count). The van der Waals surface area contributed by atoms with E-state index in [4.69, 9.17) is 27.9 Å². The van der Waals surface area contributed by atoms with E-state index in [2.05, 4.69) is 0 Å². The van der Waals surface area contributed by atoms with Crippen molar-refractivity contribution in [2.45, 2.75) is 25.4 Å². The fourth-order valence-electron chi connectivity index (χ4n) is 2.71. The standard InChI is InChI=1S/C15H13Cl2NO4/c1-15(9-5-4-8(16)7-10(9)17)13(21)12(20)14(22-15)18-6-2-3-11(18)19/h4-5,7,20H,2-3,6H2,1H3. The number of aliphatic hydroxyl groups excluding tert-OH is 1. The molecule has 0 spiro atoms. The van der Waals surface area contributed by atoms with E-state index in [1.807, 2.05) is 0 Å². The maximum Gasteiger partial charge on any atom is 0.250 e. The van der Waals surface area contributed by atoms with E-state index in [0.29, 0.717) is 30.0 Å². The number of aliphatic hydroxyl groups is 1. The summed E-state index contributed by atoms with van der Waals surface area (Å²) in [6.45, 7) is 1.92. The summed E-state index contributed by atoms with van der Waals surface area (Å²) in [5.74, 6) is -1.46. The van der Waals surface area contributed by atoms with Crippen molar-refractivity contribution in [3.05, 3.63) is 45.5 Å². The van der Waals surface area contributed by atoms with Gasteiger partial charge in [-0.25, -0.2) is 0 Å². The van der Waals surface area contributed by atoms with Crippen LogP contribution in [-0.2, 0) is 19.9 Å². The van der Waals surface area contributed by atoms with Crippen LogP contribution in [0.15, 0.2) is 29.8 Å². The van der Waals surface area contributed by atoms with Crippen LogP contribution in [0.25, 0.3) is 0 Å². The number of ether oxygens (including phenoxy) is 1. The van der Waals surface area contributed by atoms with Gasteiger partial charge in [0.15, 0.2) is 0 Å². The highest BCUT2D eigenvalue weighted by Gasteiger charge is 2.51. The molecule has 1 unspecified atom stereocenters. The third-order valence-electron chi connectivity index (χ3n) is 3.92. The van der Waals surface area contributed by atoms with E-state index in [9.17, 15) is 14.7 Å². The Hall–Kier alpha value is -1.72. The van der Waals surface area contributed by atoms with Gasteiger partial charge in [-0.2, -0.15) is 0 Å². The first-order valence-corrected chi connectivity index (χ1v) is 7.53. The number of likely N-dealkylation sites (tertiary alicyclic amines) is 1. The quantitative estimate of drug-likeness (QED) is 0.897. The lowest BCUT2D eigenvalue weighted by molar-refractivity contribution is -0.136. The second-order valence-corrected chi connectivity index (χ2v) is 6.23. The Bertz CT molecular complexity index is 715. The fourth-order valence-corrected chi connectivity index (χ4v) is 3.30. The van der Waals surface area contributed by atoms with Gasteiger partial charge in [0.05, 0.1) is 0 Å². The van der Waals surface area contributed by atoms with Crippen molar-refractivity contribution in [2.75, 3.05) is 6.54 Å². The molecule has 22 heavy (non-hydrogen) atoms. The first-order chi connectivity index (χ1) is 10.3. The molecule has 1 aromatic carbocycles. The van der Waals surface area contributed by atoms with E-state index >= 15 is 0 Å². The van der Waals surface area contributed by atoms with Gasteiger partial charge < -0.3 is 9.84 Å². The third-order valence-corrected chi connectivity index (χ3v) is 4.46. The normalized spacial score (nSPS) is 25.1. The highest BCUT2D eigenvalue weighted by Crippen LogP contribution is 2.43. The number of ketones is 1. The summed E-state index contributed by atoms with van der Waals surface area (Å²) in [5.41, 5.74) is -1.10. The Kier molecular flexibility index (Phi) is 3.57. The number of carbonyl (C=O) groups excluding carboxylic acids is 2. The molecule has 0 bridgehead atoms. The van der Waals surface area contributed by atoms with E-state index in [0.717, 1.165) is 0 Å². The largest absolute Gasteiger partial charge is 0.501 e. The predicted octanol–water partition coefficient (Wildman–Crippen LogP) is 3.16. The zero-order valence-electron chi connectivity index (χ0n) is 11.7. The third kappa shape index (κ3) is 2.16. The molecule has 2 aliphatic rings. The molecule has 1 aromatic rings. The van der Waals surface area contributed by atoms with Gasteiger partial charge in [0.25, 0.3) is 5.78 Å². The smallest absolute Gasteiger partial charge is 0.250 e. The molecule has 0 aromatic heterocycles. The first kappa shape index (κ1) is 15.2. The fraction of sp³-hybridized carbons (Fsp3) is 0.333. The lowest BCUT2D eigenvalue weighted by Gasteiger charge is -2.26. The average Bonchev–Trinajstić information content (AvgIpc) is 2.97. The Morgan fingerprint density at radius 2 is 2.05 bits per heavy atom. The van der Waals surface area contributed by atoms with Crippen LogP contribution in [0.4, 0.5) is 0 Å². The molecule has 116 valence electrons. The molecule has 1 atom stereocenters. The van der Waals surface area contributed by atoms with E-state index in [1.165, 1.54) is 17.9 Å². The molecule has 0 saturated carbocycles. The molecule has 2 heterocycles. The highest BCUT2D eigenvalue weighted by atomic mass is 35.5. The monoisotopic (exact) mass is 341 g/mol. The Morgan fingerprint density at radius 3 is 2.64 bits per heavy atom. The molecule has 5 nitrogen and oxygen atoms in total. The summed E-state index contributed by atoms with van der Waals surface area (Å²) < 4.78 is 5.69. The molecule has 1 fully saturated rings. The zero-order chi connectivity index (χ0) is 16.1. The molecule has 7 heteroatoms. The van der Waals surface area contributed by atoms with Gasteiger partial charge in [-0.15, -0.1) is 0 Å². The number of amides is 1. The number of halogens is 2. The predicted molar refractivity (Wildman–Crippen MR) is 80.5 cm³/mol. The first-order valence-electron chi connectivity index (χ1n) is 6.77. The number of Topliss-reactive ketones (excluding diaryl/α,β-unsaturated/α-hetero) is 1. The molecule has 1 amide bonds. The minimum atomic E-state index is -1.48. The van der Waals surface area contributed by atoms with Gasteiger partial charge in [-0.3, -0.25) is 14.5 Å². The van der Waals surface area contributed by atoms with Crippen molar-refractivity contribution >= 4 is 34.9 Å². The zero-order valence-corrected chi connectivity index (χ0v) is 13.2. The van der Waals surface area contributed by atoms with E-state index in [-0.39, 0.29) is 16.8 Å². The van der Waals surface area contributed by atoms with Crippen LogP contribution in [0.2, 0.25) is 10.0 Å². The van der Waals surface area contributed by atoms with Crippen molar-refractivity contribution in [3.63, 3.8) is 0 Å². The topological polar surface area (TPSA) is 66.8 Å². The van der Waals surface area contributed by atoms with Crippen LogP contribution in [-0.4, -0.2) is 28.2 Å². The highest BCUT2D eigenvalue weighted by molar-refractivity contribution is 6.35. The molecular formula is C15H13Cl2NO4. The van der Waals surface area contributed by atoms with Gasteiger partial charge in [-0.05, 0) is 25.5 Å². The van der Waals surface area contributed by atoms with E-state index in [1.54, 1.807) is 12.1 Å². The molecule has 1 N–H and O–H groups in total. The number of hydrogen-bond acceptors (Lipinski definition) is 4. The van der Waals surface area contributed by atoms with Gasteiger partial charge in [-0.1, -0.05) is 29.3 Å². The Morgan fingerprint density at radius 1 is 1.32 bits per heavy atom. The van der Waals surface area contributed by atoms with Crippen LogP contribution < -0.4 is 0 Å². The van der Waals surface area contributed by atoms with Crippen molar-refractivity contribution in [1.29, 1.82) is 0 Å². The van der Waals surface area contributed by atoms with Crippen molar-refractivity contribution in [2.24, 2.45) is 0 Å². The summed E-state index contributed by atoms with van der Waals surface area (Å²) in [5, 5.41) is 10.8. The van der Waals surface area contributed by atoms with Crippen LogP contribution >= 0.6 is 23.2 Å². The average molecular weight is 342 g/mol. The van der Waals surface area contributed by atoms with Gasteiger partial charge >= 0.3 is 0 Å². The number of rotatable bonds is 2. The van der Waals surface area contributed by atoms with Crippen molar-refractivity contribution in [1.82, 2.24) is 4.90 Å². The lowest BCUT2D eigenvalue weighted by Crippen LogP contribution is -2.33. The lowest BCUT2D eigenvalue weighted by atomic mass is 9.91. The van der Waals surface area contributed by atoms with Gasteiger partial charge in [0.1, 0.15) is 0 Å². The maximum absolute atomic E-state index is 12.5. The number of carbonyl (C=O) groups is 2. The minimum absolute atomic E-state index is 0.0963. The van der Waals surface area contributed by atoms with Gasteiger partial charge in [0, 0.05) is 28.6 Å². The molecule has 1 saturated heterocycles. The van der Waals surface area contributed by atoms with Gasteiger partial charge in [0.2, 0.25) is 23.2 Å². The van der Waals surface area contributed by atoms with Crippen LogP contribution in [0.5, 0.6) is 0 Å². The van der Waals surface area contributed by atoms with Crippen LogP contribution in [0, 0.1) is 0 Å². The molecule has 0 aliphatic carbocycles. The molecule has 0 radical (unpaired) electrons. The Labute approximate surface area is 137 Å². The van der Waals surface area contributed by atoms with Crippen LogP contribution in [0.1, 0.15) is 25.3 Å². The SMILES string of the molecule is CC1(c2ccc(Cl)cc2Cl)OC(N2CCCC2=O)=C(O)C1=O. The summed E-state index contributed by atoms with van der Waals surface area (Å²) in [6.07, 6.45) is 1.03.